The molecule has 3 aromatic carbocycles. The highest BCUT2D eigenvalue weighted by Gasteiger charge is 2.10. The van der Waals surface area contributed by atoms with Gasteiger partial charge in [-0.05, 0) is 42.5 Å². The van der Waals surface area contributed by atoms with Crippen molar-refractivity contribution < 1.29 is 14.3 Å². The Hall–Kier alpha value is -2.81. The van der Waals surface area contributed by atoms with E-state index in [0.717, 1.165) is 21.9 Å². The highest BCUT2D eigenvalue weighted by molar-refractivity contribution is 5.88. The quantitative estimate of drug-likeness (QED) is 0.528. The van der Waals surface area contributed by atoms with E-state index < -0.39 is 5.97 Å². The maximum atomic E-state index is 12.0. The Bertz CT molecular complexity index is 847. The topological polar surface area (TPSA) is 35.5 Å². The molecule has 0 heterocycles. The highest BCUT2D eigenvalue weighted by Crippen LogP contribution is 2.25. The van der Waals surface area contributed by atoms with Gasteiger partial charge in [-0.25, -0.2) is 4.79 Å². The molecule has 0 atom stereocenters. The Balaban J connectivity index is 1.70. The van der Waals surface area contributed by atoms with E-state index in [9.17, 15) is 4.79 Å². The van der Waals surface area contributed by atoms with Gasteiger partial charge in [-0.1, -0.05) is 48.5 Å². The molecule has 23 heavy (non-hydrogen) atoms. The number of esters is 1. The maximum Gasteiger partial charge on any atom is 0.349 e. The smallest absolute Gasteiger partial charge is 0.349 e. The van der Waals surface area contributed by atoms with Crippen molar-refractivity contribution in [3.8, 4) is 11.5 Å². The number of aryl methyl sites for hydroxylation is 2. The zero-order chi connectivity index (χ0) is 16.2. The van der Waals surface area contributed by atoms with E-state index in [2.05, 4.69) is 0 Å². The van der Waals surface area contributed by atoms with Gasteiger partial charge in [0.2, 0.25) is 0 Å². The summed E-state index contributed by atoms with van der Waals surface area (Å²) in [5, 5.41) is 2.06. The predicted molar refractivity (Wildman–Crippen MR) is 91.0 cm³/mol. The van der Waals surface area contributed by atoms with Gasteiger partial charge < -0.3 is 9.47 Å². The lowest BCUT2D eigenvalue weighted by atomic mass is 10.1. The van der Waals surface area contributed by atoms with Gasteiger partial charge in [-0.3, -0.25) is 0 Å². The molecule has 0 fully saturated rings. The highest BCUT2D eigenvalue weighted by atomic mass is 16.6. The number of ether oxygens (including phenoxy) is 2. The Labute approximate surface area is 135 Å². The summed E-state index contributed by atoms with van der Waals surface area (Å²) >= 11 is 0. The van der Waals surface area contributed by atoms with Crippen molar-refractivity contribution in [3.63, 3.8) is 0 Å². The monoisotopic (exact) mass is 306 g/mol. The van der Waals surface area contributed by atoms with Crippen LogP contribution in [0.2, 0.25) is 0 Å². The molecule has 3 aromatic rings. The summed E-state index contributed by atoms with van der Waals surface area (Å²) in [7, 11) is 0. The molecule has 0 aliphatic rings. The molecule has 0 saturated heterocycles. The van der Waals surface area contributed by atoms with Crippen LogP contribution in [0.4, 0.5) is 0 Å². The van der Waals surface area contributed by atoms with Crippen LogP contribution in [0, 0.1) is 13.8 Å². The second-order valence-corrected chi connectivity index (χ2v) is 5.51. The fraction of sp³-hybridized carbons (Fsp3) is 0.150. The summed E-state index contributed by atoms with van der Waals surface area (Å²) in [5.41, 5.74) is 1.97. The minimum atomic E-state index is -0.411. The van der Waals surface area contributed by atoms with Crippen LogP contribution < -0.4 is 9.47 Å². The number of hydrogen-bond donors (Lipinski definition) is 0. The zero-order valence-electron chi connectivity index (χ0n) is 13.2. The van der Waals surface area contributed by atoms with Crippen LogP contribution in [0.1, 0.15) is 11.1 Å². The van der Waals surface area contributed by atoms with E-state index in [0.29, 0.717) is 11.5 Å². The van der Waals surface area contributed by atoms with Gasteiger partial charge in [0.1, 0.15) is 11.5 Å². The van der Waals surface area contributed by atoms with Gasteiger partial charge in [0.25, 0.3) is 0 Å². The third-order valence-electron chi connectivity index (χ3n) is 3.66. The van der Waals surface area contributed by atoms with Crippen LogP contribution in [0.15, 0.2) is 60.7 Å². The van der Waals surface area contributed by atoms with Gasteiger partial charge in [0.05, 0.1) is 0 Å². The molecule has 0 aliphatic carbocycles. The number of carbonyl (C=O) groups excluding carboxylic acids is 1. The molecule has 3 rings (SSSR count). The van der Waals surface area contributed by atoms with Crippen molar-refractivity contribution in [1.82, 2.24) is 0 Å². The number of hydrogen-bond acceptors (Lipinski definition) is 3. The minimum absolute atomic E-state index is 0.124. The van der Waals surface area contributed by atoms with Crippen LogP contribution in [-0.4, -0.2) is 12.6 Å². The third-order valence-corrected chi connectivity index (χ3v) is 3.66. The molecule has 3 nitrogen and oxygen atoms in total. The molecule has 0 bridgehead atoms. The average molecular weight is 306 g/mol. The first-order chi connectivity index (χ1) is 11.1. The molecular weight excluding hydrogens is 288 g/mol. The summed E-state index contributed by atoms with van der Waals surface area (Å²) in [6, 6.07) is 19.5. The van der Waals surface area contributed by atoms with Crippen LogP contribution in [0.3, 0.4) is 0 Å². The summed E-state index contributed by atoms with van der Waals surface area (Å²) in [4.78, 5) is 12.0. The number of carbonyl (C=O) groups is 1. The second kappa shape index (κ2) is 6.53. The van der Waals surface area contributed by atoms with Crippen molar-refractivity contribution in [1.29, 1.82) is 0 Å². The molecule has 0 radical (unpaired) electrons. The molecule has 3 heteroatoms. The summed E-state index contributed by atoms with van der Waals surface area (Å²) in [5.74, 6) is 0.851. The van der Waals surface area contributed by atoms with Gasteiger partial charge in [-0.2, -0.15) is 0 Å². The zero-order valence-corrected chi connectivity index (χ0v) is 13.2. The average Bonchev–Trinajstić information content (AvgIpc) is 2.56. The Morgan fingerprint density at radius 3 is 2.57 bits per heavy atom. The van der Waals surface area contributed by atoms with Crippen LogP contribution in [0.5, 0.6) is 11.5 Å². The van der Waals surface area contributed by atoms with Crippen molar-refractivity contribution >= 4 is 16.7 Å². The lowest BCUT2D eigenvalue weighted by Gasteiger charge is -2.11. The van der Waals surface area contributed by atoms with Gasteiger partial charge in [-0.15, -0.1) is 0 Å². The number of benzene rings is 3. The summed E-state index contributed by atoms with van der Waals surface area (Å²) < 4.78 is 11.0. The lowest BCUT2D eigenvalue weighted by Crippen LogP contribution is -2.18. The van der Waals surface area contributed by atoms with Crippen LogP contribution >= 0.6 is 0 Å². The van der Waals surface area contributed by atoms with Crippen LogP contribution in [-0.2, 0) is 4.79 Å². The second-order valence-electron chi connectivity index (χ2n) is 5.51. The van der Waals surface area contributed by atoms with E-state index in [4.69, 9.17) is 9.47 Å². The molecule has 0 amide bonds. The molecular formula is C20H18O3. The predicted octanol–water partition coefficient (Wildman–Crippen LogP) is 4.44. The minimum Gasteiger partial charge on any atom is -0.481 e. The van der Waals surface area contributed by atoms with Gasteiger partial charge >= 0.3 is 5.97 Å². The van der Waals surface area contributed by atoms with Crippen molar-refractivity contribution in [2.45, 2.75) is 13.8 Å². The summed E-state index contributed by atoms with van der Waals surface area (Å²) in [6.45, 7) is 3.75. The first-order valence-electron chi connectivity index (χ1n) is 7.52. The molecule has 0 N–H and O–H groups in total. The SMILES string of the molecule is Cc1ccc(C)c(OC(=O)COc2cccc3ccccc23)c1. The Morgan fingerprint density at radius 1 is 0.913 bits per heavy atom. The fourth-order valence-electron chi connectivity index (χ4n) is 2.43. The van der Waals surface area contributed by atoms with E-state index in [1.807, 2.05) is 74.5 Å². The van der Waals surface area contributed by atoms with Crippen LogP contribution in [0.25, 0.3) is 10.8 Å². The van der Waals surface area contributed by atoms with Gasteiger partial charge in [0.15, 0.2) is 6.61 Å². The van der Waals surface area contributed by atoms with Crippen molar-refractivity contribution in [3.05, 3.63) is 71.8 Å². The Kier molecular flexibility index (Phi) is 4.29. The molecule has 0 spiro atoms. The lowest BCUT2D eigenvalue weighted by molar-refractivity contribution is -0.136. The molecule has 0 saturated carbocycles. The number of rotatable bonds is 4. The van der Waals surface area contributed by atoms with Gasteiger partial charge in [0, 0.05) is 5.39 Å². The van der Waals surface area contributed by atoms with Crippen molar-refractivity contribution in [2.75, 3.05) is 6.61 Å². The molecule has 0 aromatic heterocycles. The van der Waals surface area contributed by atoms with E-state index in [-0.39, 0.29) is 6.61 Å². The third kappa shape index (κ3) is 3.51. The standard InChI is InChI=1S/C20H18O3/c1-14-10-11-15(2)19(12-14)23-20(21)13-22-18-9-5-7-16-6-3-4-8-17(16)18/h3-12H,13H2,1-2H3. The molecule has 0 unspecified atom stereocenters. The normalized spacial score (nSPS) is 10.5. The van der Waals surface area contributed by atoms with E-state index in [1.165, 1.54) is 0 Å². The molecule has 116 valence electrons. The first-order valence-corrected chi connectivity index (χ1v) is 7.52. The fourth-order valence-corrected chi connectivity index (χ4v) is 2.43. The maximum absolute atomic E-state index is 12.0. The Morgan fingerprint density at radius 2 is 1.70 bits per heavy atom. The summed E-state index contributed by atoms with van der Waals surface area (Å²) in [6.07, 6.45) is 0. The van der Waals surface area contributed by atoms with E-state index in [1.54, 1.807) is 0 Å². The first kappa shape index (κ1) is 15.1. The molecule has 0 aliphatic heterocycles. The number of fused-ring (bicyclic) bond motifs is 1. The largest absolute Gasteiger partial charge is 0.481 e. The van der Waals surface area contributed by atoms with Crippen molar-refractivity contribution in [2.24, 2.45) is 0 Å². The van der Waals surface area contributed by atoms with E-state index >= 15 is 0 Å².